The van der Waals surface area contributed by atoms with Gasteiger partial charge in [0.25, 0.3) is 0 Å². The molecule has 3 aliphatic rings. The van der Waals surface area contributed by atoms with Gasteiger partial charge in [0.1, 0.15) is 17.4 Å². The van der Waals surface area contributed by atoms with E-state index in [4.69, 9.17) is 41.0 Å². The zero-order chi connectivity index (χ0) is 41.6. The van der Waals surface area contributed by atoms with Crippen molar-refractivity contribution in [3.63, 3.8) is 0 Å². The van der Waals surface area contributed by atoms with Crippen molar-refractivity contribution in [2.75, 3.05) is 51.6 Å². The van der Waals surface area contributed by atoms with E-state index in [0.29, 0.717) is 31.7 Å². The molecule has 1 aromatic heterocycles. The molecule has 3 fully saturated rings. The second kappa shape index (κ2) is 19.4. The third kappa shape index (κ3) is 9.89. The van der Waals surface area contributed by atoms with Gasteiger partial charge in [-0.15, -0.1) is 0 Å². The summed E-state index contributed by atoms with van der Waals surface area (Å²) < 4.78 is 63.6. The Morgan fingerprint density at radius 2 is 1.74 bits per heavy atom. The molecule has 6 rings (SSSR count). The fourth-order valence-corrected chi connectivity index (χ4v) is 9.97. The van der Waals surface area contributed by atoms with Crippen molar-refractivity contribution in [2.24, 2.45) is 5.41 Å². The van der Waals surface area contributed by atoms with Gasteiger partial charge in [-0.3, -0.25) is 24.3 Å². The van der Waals surface area contributed by atoms with Crippen LogP contribution in [-0.4, -0.2) is 117 Å². The highest BCUT2D eigenvalue weighted by atomic mass is 35.5. The van der Waals surface area contributed by atoms with Crippen LogP contribution in [0.1, 0.15) is 60.8 Å². The van der Waals surface area contributed by atoms with Gasteiger partial charge in [0.15, 0.2) is 11.6 Å². The second-order valence-electron chi connectivity index (χ2n) is 14.9. The Hall–Kier alpha value is -3.97. The first-order valence-electron chi connectivity index (χ1n) is 19.2. The molecule has 58 heavy (non-hydrogen) atoms. The molecule has 5 atom stereocenters. The summed E-state index contributed by atoms with van der Waals surface area (Å²) in [5.74, 6) is -1.54. The monoisotopic (exact) mass is 850 g/mol. The third-order valence-corrected chi connectivity index (χ3v) is 13.0. The van der Waals surface area contributed by atoms with Gasteiger partial charge in [-0.2, -0.15) is 0 Å². The minimum atomic E-state index is -1.31. The van der Waals surface area contributed by atoms with E-state index in [1.165, 1.54) is 0 Å². The van der Waals surface area contributed by atoms with E-state index in [1.807, 2.05) is 49.1 Å². The van der Waals surface area contributed by atoms with E-state index in [0.717, 1.165) is 47.2 Å². The molecule has 2 N–H and O–H groups in total. The smallest absolute Gasteiger partial charge is 0.410 e. The highest BCUT2D eigenvalue weighted by Crippen LogP contribution is 2.53. The summed E-state index contributed by atoms with van der Waals surface area (Å²) in [7, 11) is 0.240. The van der Waals surface area contributed by atoms with Crippen molar-refractivity contribution in [3.8, 4) is 11.6 Å². The van der Waals surface area contributed by atoms with Crippen LogP contribution in [-0.2, 0) is 42.9 Å². The number of aromatic nitrogens is 1. The number of methoxy groups -OCH3 is 1. The molecule has 0 radical (unpaired) electrons. The number of carbonyl (C=O) groups excluding carboxylic acids is 2. The molecule has 2 aromatic carbocycles. The Morgan fingerprint density at radius 3 is 2.45 bits per heavy atom. The number of aryl methyl sites for hydroxylation is 1. The lowest BCUT2D eigenvalue weighted by Crippen LogP contribution is -2.70. The van der Waals surface area contributed by atoms with Crippen molar-refractivity contribution < 1.29 is 56.8 Å². The minimum absolute atomic E-state index is 0.00747. The lowest BCUT2D eigenvalue weighted by atomic mass is 9.62. The molecule has 1 saturated carbocycles. The van der Waals surface area contributed by atoms with Crippen LogP contribution in [0.5, 0.6) is 11.6 Å². The number of hydrogen-bond acceptors (Lipinski definition) is 12. The number of amides is 2. The largest absolute Gasteiger partial charge is 0.489 e. The SMILES string of the molecule is COc1nccc(CN(C(=O)C2(C)C(c3ccc(CCCOc4c(F)ccc(F)c4Cl)cc3)CC3CS(=O)CC2N3C(=O)OCCOCCON(O)O)C2CC2)c1C. The zero-order valence-electron chi connectivity index (χ0n) is 32.6. The number of nitrogens with zero attached hydrogens (tertiary/aromatic N) is 4. The Labute approximate surface area is 343 Å². The Kier molecular flexibility index (Phi) is 14.6. The first-order chi connectivity index (χ1) is 27.8. The van der Waals surface area contributed by atoms with E-state index >= 15 is 4.79 Å². The quantitative estimate of drug-likeness (QED) is 0.0876. The van der Waals surface area contributed by atoms with Gasteiger partial charge >= 0.3 is 6.09 Å². The molecule has 18 heteroatoms. The number of ether oxygens (including phenoxy) is 4. The molecule has 316 valence electrons. The predicted octanol–water partition coefficient (Wildman–Crippen LogP) is 5.99. The standard InChI is InChI=1S/C40H49ClF2N4O10S/c1-25-28(14-15-44-37(25)53-3)22-45(29-10-11-29)38(48)40(2)31(27-8-6-26(7-9-27)5-4-16-55-36-33(43)13-12-32(42)35(36)41)21-30-23-58(52)24-34(40)46(30)39(49)56-19-17-54-18-20-57-47(50)51/h6-9,12-15,29-31,34,50-51H,4-5,10-11,16-24H2,1-3H3. The van der Waals surface area contributed by atoms with Crippen molar-refractivity contribution >= 4 is 34.4 Å². The van der Waals surface area contributed by atoms with Crippen molar-refractivity contribution in [1.82, 2.24) is 20.2 Å². The number of pyridine rings is 1. The molecule has 0 spiro atoms. The Balaban J connectivity index is 1.24. The van der Waals surface area contributed by atoms with Gasteiger partial charge < -0.3 is 23.8 Å². The van der Waals surface area contributed by atoms with Gasteiger partial charge in [-0.25, -0.2) is 23.4 Å². The molecule has 2 aliphatic heterocycles. The molecule has 5 unspecified atom stereocenters. The summed E-state index contributed by atoms with van der Waals surface area (Å²) >= 11 is 5.91. The number of piperidine rings is 1. The minimum Gasteiger partial charge on any atom is -0.489 e. The number of rotatable bonds is 18. The summed E-state index contributed by atoms with van der Waals surface area (Å²) in [5, 5.41) is 16.5. The van der Waals surface area contributed by atoms with E-state index in [2.05, 4.69) is 9.82 Å². The maximum Gasteiger partial charge on any atom is 0.410 e. The van der Waals surface area contributed by atoms with Crippen LogP contribution in [0.2, 0.25) is 5.02 Å². The summed E-state index contributed by atoms with van der Waals surface area (Å²) in [6.07, 6.45) is 4.11. The summed E-state index contributed by atoms with van der Waals surface area (Å²) in [4.78, 5) is 41.6. The topological polar surface area (TPSA) is 160 Å². The first-order valence-corrected chi connectivity index (χ1v) is 21.0. The van der Waals surface area contributed by atoms with Crippen LogP contribution in [0.25, 0.3) is 0 Å². The van der Waals surface area contributed by atoms with E-state index in [1.54, 1.807) is 18.2 Å². The summed E-state index contributed by atoms with van der Waals surface area (Å²) in [6.45, 7) is 3.97. The summed E-state index contributed by atoms with van der Waals surface area (Å²) in [6, 6.07) is 10.5. The van der Waals surface area contributed by atoms with Crippen LogP contribution in [0, 0.1) is 24.0 Å². The van der Waals surface area contributed by atoms with Gasteiger partial charge in [0, 0.05) is 58.6 Å². The van der Waals surface area contributed by atoms with Crippen LogP contribution in [0.3, 0.4) is 0 Å². The average molecular weight is 851 g/mol. The molecule has 2 bridgehead atoms. The highest BCUT2D eigenvalue weighted by molar-refractivity contribution is 7.85. The van der Waals surface area contributed by atoms with E-state index in [-0.39, 0.29) is 68.2 Å². The predicted molar refractivity (Wildman–Crippen MR) is 207 cm³/mol. The van der Waals surface area contributed by atoms with Crippen LogP contribution < -0.4 is 9.47 Å². The van der Waals surface area contributed by atoms with Gasteiger partial charge in [0.2, 0.25) is 11.8 Å². The molecule has 3 aromatic rings. The highest BCUT2D eigenvalue weighted by Gasteiger charge is 2.61. The van der Waals surface area contributed by atoms with Gasteiger partial charge in [-0.1, -0.05) is 35.9 Å². The maximum atomic E-state index is 15.4. The molecule has 2 amide bonds. The molecule has 3 heterocycles. The number of benzene rings is 2. The van der Waals surface area contributed by atoms with Crippen LogP contribution in [0.4, 0.5) is 13.6 Å². The number of fused-ring (bicyclic) bond motifs is 2. The molecular weight excluding hydrogens is 802 g/mol. The van der Waals surface area contributed by atoms with Crippen LogP contribution >= 0.6 is 11.6 Å². The second-order valence-corrected chi connectivity index (χ2v) is 16.8. The van der Waals surface area contributed by atoms with Crippen LogP contribution in [0.15, 0.2) is 48.7 Å². The molecule has 1 aliphatic carbocycles. The maximum absolute atomic E-state index is 15.4. The Morgan fingerprint density at radius 1 is 1.02 bits per heavy atom. The zero-order valence-corrected chi connectivity index (χ0v) is 34.2. The lowest BCUT2D eigenvalue weighted by Gasteiger charge is -2.57. The molecule has 2 saturated heterocycles. The fourth-order valence-electron chi connectivity index (χ4n) is 8.04. The molecular formula is C40H49ClF2N4O10S. The van der Waals surface area contributed by atoms with Crippen molar-refractivity contribution in [3.05, 3.63) is 87.6 Å². The van der Waals surface area contributed by atoms with Gasteiger partial charge in [0.05, 0.1) is 50.4 Å². The number of hydrogen-bond donors (Lipinski definition) is 2. The normalized spacial score (nSPS) is 22.8. The lowest BCUT2D eigenvalue weighted by molar-refractivity contribution is -0.493. The summed E-state index contributed by atoms with van der Waals surface area (Å²) in [5.41, 5.74) is 2.35. The Bertz CT molecular complexity index is 1940. The van der Waals surface area contributed by atoms with E-state index < -0.39 is 56.4 Å². The first kappa shape index (κ1) is 43.6. The number of carbonyl (C=O) groups is 2. The van der Waals surface area contributed by atoms with Gasteiger partial charge in [-0.05, 0) is 80.8 Å². The molecule has 14 nitrogen and oxygen atoms in total. The third-order valence-electron chi connectivity index (χ3n) is 11.2. The van der Waals surface area contributed by atoms with E-state index in [9.17, 15) is 17.8 Å². The van der Waals surface area contributed by atoms with Crippen molar-refractivity contribution in [1.29, 1.82) is 0 Å². The number of halogens is 3. The average Bonchev–Trinajstić information content (AvgIpc) is 4.05. The fraction of sp³-hybridized carbons (Fsp3) is 0.525. The van der Waals surface area contributed by atoms with Crippen molar-refractivity contribution in [2.45, 2.75) is 76.5 Å².